The Morgan fingerprint density at radius 3 is 2.19 bits per heavy atom. The topological polar surface area (TPSA) is 78.6 Å². The van der Waals surface area contributed by atoms with Crippen molar-refractivity contribution in [3.8, 4) is 5.75 Å². The van der Waals surface area contributed by atoms with Crippen molar-refractivity contribution in [3.63, 3.8) is 0 Å². The Hall–Kier alpha value is -1.96. The first kappa shape index (κ1) is 19.8. The van der Waals surface area contributed by atoms with Gasteiger partial charge in [-0.05, 0) is 36.8 Å². The summed E-state index contributed by atoms with van der Waals surface area (Å²) in [5.41, 5.74) is 6.97. The highest BCUT2D eigenvalue weighted by atomic mass is 32.2. The first-order valence-corrected chi connectivity index (χ1v) is 10.5. The van der Waals surface area contributed by atoms with Gasteiger partial charge in [0.25, 0.3) is 0 Å². The minimum absolute atomic E-state index is 0.148. The summed E-state index contributed by atoms with van der Waals surface area (Å²) < 4.78 is 37.4. The fourth-order valence-corrected chi connectivity index (χ4v) is 6.57. The molecular weight excluding hydrogens is 382 g/mol. The first-order valence-electron chi connectivity index (χ1n) is 8.52. The molecule has 0 amide bonds. The fraction of sp³-hybridized carbons (Fsp3) is 0.350. The van der Waals surface area contributed by atoms with Crippen molar-refractivity contribution in [1.29, 1.82) is 0 Å². The van der Waals surface area contributed by atoms with E-state index < -0.39 is 20.5 Å². The lowest BCUT2D eigenvalue weighted by atomic mass is 10.00. The number of benzene rings is 2. The van der Waals surface area contributed by atoms with Crippen LogP contribution in [-0.4, -0.2) is 39.5 Å². The minimum atomic E-state index is -3.65. The summed E-state index contributed by atoms with van der Waals surface area (Å²) in [6.45, 7) is 2.06. The van der Waals surface area contributed by atoms with Gasteiger partial charge in [-0.15, -0.1) is 0 Å². The number of methoxy groups -OCH3 is 2. The Balaban J connectivity index is 2.09. The Morgan fingerprint density at radius 2 is 1.70 bits per heavy atom. The van der Waals surface area contributed by atoms with Crippen molar-refractivity contribution < 1.29 is 17.9 Å². The van der Waals surface area contributed by atoms with Gasteiger partial charge < -0.3 is 15.2 Å². The van der Waals surface area contributed by atoms with Gasteiger partial charge in [0.2, 0.25) is 0 Å². The molecule has 1 fully saturated rings. The standard InChI is InChI=1S/C20H23NO4S2/c1-13-4-10-16(11-5-13)27(22,23)18-17(20(18,12-24-2)19(21)26)14-6-8-15(25-3)9-7-14/h4-11,17-18H,12H2,1-3H3,(H2,21,26)/t17-,18+,20+/m1/s1. The van der Waals surface area contributed by atoms with E-state index in [-0.39, 0.29) is 22.4 Å². The van der Waals surface area contributed by atoms with E-state index in [1.807, 2.05) is 19.1 Å². The van der Waals surface area contributed by atoms with Gasteiger partial charge in [-0.1, -0.05) is 42.0 Å². The van der Waals surface area contributed by atoms with Gasteiger partial charge in [0.05, 0.1) is 34.3 Å². The molecule has 27 heavy (non-hydrogen) atoms. The molecule has 7 heteroatoms. The van der Waals surface area contributed by atoms with Gasteiger partial charge in [-0.25, -0.2) is 8.42 Å². The molecule has 0 heterocycles. The van der Waals surface area contributed by atoms with Gasteiger partial charge in [-0.3, -0.25) is 0 Å². The molecule has 5 nitrogen and oxygen atoms in total. The lowest BCUT2D eigenvalue weighted by molar-refractivity contribution is 0.166. The third-order valence-electron chi connectivity index (χ3n) is 5.26. The molecule has 2 N–H and O–H groups in total. The van der Waals surface area contributed by atoms with E-state index >= 15 is 0 Å². The van der Waals surface area contributed by atoms with Crippen LogP contribution in [0.4, 0.5) is 0 Å². The fourth-order valence-electron chi connectivity index (χ4n) is 3.79. The maximum Gasteiger partial charge on any atom is 0.182 e. The zero-order chi connectivity index (χ0) is 19.8. The highest BCUT2D eigenvalue weighted by Crippen LogP contribution is 2.64. The molecule has 0 bridgehead atoms. The van der Waals surface area contributed by atoms with E-state index in [9.17, 15) is 8.42 Å². The summed E-state index contributed by atoms with van der Waals surface area (Å²) in [6, 6.07) is 14.2. The van der Waals surface area contributed by atoms with Gasteiger partial charge in [0, 0.05) is 13.0 Å². The first-order chi connectivity index (χ1) is 12.8. The van der Waals surface area contributed by atoms with Crippen LogP contribution < -0.4 is 10.5 Å². The van der Waals surface area contributed by atoms with E-state index in [2.05, 4.69) is 0 Å². The van der Waals surface area contributed by atoms with Crippen LogP contribution in [-0.2, 0) is 14.6 Å². The average Bonchev–Trinajstić information content (AvgIpc) is 3.33. The molecule has 3 rings (SSSR count). The number of hydrogen-bond acceptors (Lipinski definition) is 5. The summed E-state index contributed by atoms with van der Waals surface area (Å²) >= 11 is 5.31. The van der Waals surface area contributed by atoms with E-state index in [1.54, 1.807) is 43.5 Å². The normalized spacial score (nSPS) is 24.4. The molecular formula is C20H23NO4S2. The number of ether oxygens (including phenoxy) is 2. The predicted molar refractivity (Wildman–Crippen MR) is 109 cm³/mol. The molecule has 0 radical (unpaired) electrons. The van der Waals surface area contributed by atoms with Crippen LogP contribution >= 0.6 is 12.2 Å². The number of thiocarbonyl (C=S) groups is 1. The molecule has 1 aliphatic rings. The Labute approximate surface area is 165 Å². The summed E-state index contributed by atoms with van der Waals surface area (Å²) in [7, 11) is -0.538. The van der Waals surface area contributed by atoms with Crippen molar-refractivity contribution in [1.82, 2.24) is 0 Å². The molecule has 0 saturated heterocycles. The van der Waals surface area contributed by atoms with Crippen molar-refractivity contribution >= 4 is 27.0 Å². The van der Waals surface area contributed by atoms with Gasteiger partial charge >= 0.3 is 0 Å². The number of nitrogens with two attached hydrogens (primary N) is 1. The lowest BCUT2D eigenvalue weighted by Crippen LogP contribution is -2.33. The molecule has 2 aromatic rings. The summed E-state index contributed by atoms with van der Waals surface area (Å²) in [5.74, 6) is 0.331. The Morgan fingerprint density at radius 1 is 1.11 bits per heavy atom. The summed E-state index contributed by atoms with van der Waals surface area (Å²) in [4.78, 5) is 0.427. The smallest absolute Gasteiger partial charge is 0.182 e. The maximum absolute atomic E-state index is 13.4. The lowest BCUT2D eigenvalue weighted by Gasteiger charge is -2.16. The van der Waals surface area contributed by atoms with Crippen LogP contribution in [0.5, 0.6) is 5.75 Å². The number of aryl methyl sites for hydroxylation is 1. The molecule has 0 spiro atoms. The SMILES string of the molecule is COC[C@]1(C(N)=S)[C@H](c2ccc(OC)cc2)[C@@H]1S(=O)(=O)c1ccc(C)cc1. The summed E-state index contributed by atoms with van der Waals surface area (Å²) in [6.07, 6.45) is 0. The molecule has 0 unspecified atom stereocenters. The molecule has 3 atom stereocenters. The highest BCUT2D eigenvalue weighted by molar-refractivity contribution is 7.92. The van der Waals surface area contributed by atoms with E-state index in [4.69, 9.17) is 27.4 Å². The van der Waals surface area contributed by atoms with Crippen molar-refractivity contribution in [2.75, 3.05) is 20.8 Å². The van der Waals surface area contributed by atoms with Crippen LogP contribution in [0.25, 0.3) is 0 Å². The molecule has 0 aromatic heterocycles. The van der Waals surface area contributed by atoms with Crippen LogP contribution in [0, 0.1) is 12.3 Å². The molecule has 1 aliphatic carbocycles. The van der Waals surface area contributed by atoms with E-state index in [1.165, 1.54) is 7.11 Å². The Bertz CT molecular complexity index is 939. The third-order valence-corrected chi connectivity index (χ3v) is 7.93. The number of rotatable bonds is 7. The van der Waals surface area contributed by atoms with E-state index in [0.29, 0.717) is 5.75 Å². The predicted octanol–water partition coefficient (Wildman–Crippen LogP) is 2.86. The van der Waals surface area contributed by atoms with E-state index in [0.717, 1.165) is 11.1 Å². The molecule has 144 valence electrons. The minimum Gasteiger partial charge on any atom is -0.497 e. The van der Waals surface area contributed by atoms with Crippen molar-refractivity contribution in [2.24, 2.45) is 11.1 Å². The molecule has 1 saturated carbocycles. The second kappa shape index (κ2) is 7.22. The average molecular weight is 406 g/mol. The monoisotopic (exact) mass is 405 g/mol. The second-order valence-corrected chi connectivity index (χ2v) is 9.38. The van der Waals surface area contributed by atoms with Crippen molar-refractivity contribution in [3.05, 3.63) is 59.7 Å². The quantitative estimate of drug-likeness (QED) is 0.714. The number of hydrogen-bond donors (Lipinski definition) is 1. The highest BCUT2D eigenvalue weighted by Gasteiger charge is 2.73. The number of sulfone groups is 1. The maximum atomic E-state index is 13.4. The summed E-state index contributed by atoms with van der Waals surface area (Å²) in [5, 5.41) is -0.765. The van der Waals surface area contributed by atoms with Gasteiger partial charge in [0.1, 0.15) is 5.75 Å². The van der Waals surface area contributed by atoms with Gasteiger partial charge in [0.15, 0.2) is 9.84 Å². The molecule has 2 aromatic carbocycles. The zero-order valence-electron chi connectivity index (χ0n) is 15.5. The van der Waals surface area contributed by atoms with Crippen molar-refractivity contribution in [2.45, 2.75) is 23.0 Å². The van der Waals surface area contributed by atoms with Gasteiger partial charge in [-0.2, -0.15) is 0 Å². The van der Waals surface area contributed by atoms with Crippen LogP contribution in [0.15, 0.2) is 53.4 Å². The largest absolute Gasteiger partial charge is 0.497 e. The zero-order valence-corrected chi connectivity index (χ0v) is 17.1. The van der Waals surface area contributed by atoms with Crippen LogP contribution in [0.2, 0.25) is 0 Å². The second-order valence-electron chi connectivity index (χ2n) is 6.87. The van der Waals surface area contributed by atoms with Crippen LogP contribution in [0.3, 0.4) is 0 Å². The Kier molecular flexibility index (Phi) is 5.29. The third kappa shape index (κ3) is 3.24. The molecule has 0 aliphatic heterocycles. The van der Waals surface area contributed by atoms with Crippen LogP contribution in [0.1, 0.15) is 17.0 Å².